The van der Waals surface area contributed by atoms with Gasteiger partial charge in [-0.1, -0.05) is 23.8 Å². The van der Waals surface area contributed by atoms with Gasteiger partial charge in [-0.3, -0.25) is 4.79 Å². The molecule has 110 valence electrons. The number of hydrogen-bond acceptors (Lipinski definition) is 4. The number of ketones is 1. The largest absolute Gasteiger partial charge is 0.381 e. The summed E-state index contributed by atoms with van der Waals surface area (Å²) in [5, 5.41) is -0.439. The highest BCUT2D eigenvalue weighted by Gasteiger charge is 2.30. The fraction of sp³-hybridized carbons (Fsp3) is 0.533. The first-order chi connectivity index (χ1) is 9.40. The monoisotopic (exact) mass is 296 g/mol. The van der Waals surface area contributed by atoms with Gasteiger partial charge in [-0.25, -0.2) is 8.42 Å². The van der Waals surface area contributed by atoms with Crippen LogP contribution in [-0.4, -0.2) is 38.4 Å². The second-order valence-corrected chi connectivity index (χ2v) is 7.64. The fourth-order valence-electron chi connectivity index (χ4n) is 2.54. The van der Waals surface area contributed by atoms with Gasteiger partial charge < -0.3 is 4.74 Å². The molecule has 0 radical (unpaired) electrons. The van der Waals surface area contributed by atoms with E-state index in [4.69, 9.17) is 4.74 Å². The van der Waals surface area contributed by atoms with Crippen LogP contribution >= 0.6 is 0 Å². The van der Waals surface area contributed by atoms with Crippen molar-refractivity contribution >= 4 is 15.6 Å². The van der Waals surface area contributed by atoms with Gasteiger partial charge in [-0.2, -0.15) is 0 Å². The molecule has 1 heterocycles. The zero-order valence-electron chi connectivity index (χ0n) is 11.9. The molecule has 0 bridgehead atoms. The average molecular weight is 296 g/mol. The van der Waals surface area contributed by atoms with Crippen LogP contribution in [0.15, 0.2) is 18.2 Å². The second kappa shape index (κ2) is 6.06. The van der Waals surface area contributed by atoms with Crippen LogP contribution in [0.3, 0.4) is 0 Å². The SMILES string of the molecule is Cc1ccc(C(=O)CS(=O)(=O)C2CCOCC2)c(C)c1. The van der Waals surface area contributed by atoms with Gasteiger partial charge in [0.15, 0.2) is 15.6 Å². The van der Waals surface area contributed by atoms with Crippen molar-refractivity contribution in [2.75, 3.05) is 19.0 Å². The molecule has 1 fully saturated rings. The standard InChI is InChI=1S/C15H20O4S/c1-11-3-4-14(12(2)9-11)15(16)10-20(17,18)13-5-7-19-8-6-13/h3-4,9,13H,5-8,10H2,1-2H3. The molecule has 1 aromatic rings. The quantitative estimate of drug-likeness (QED) is 0.798. The van der Waals surface area contributed by atoms with E-state index in [-0.39, 0.29) is 5.78 Å². The molecule has 4 nitrogen and oxygen atoms in total. The third-order valence-corrected chi connectivity index (χ3v) is 5.84. The van der Waals surface area contributed by atoms with Gasteiger partial charge in [-0.05, 0) is 32.3 Å². The number of Topliss-reactive ketones (excluding diaryl/α,β-unsaturated/α-hetero) is 1. The van der Waals surface area contributed by atoms with Crippen LogP contribution in [0.4, 0.5) is 0 Å². The normalized spacial score (nSPS) is 17.1. The number of hydrogen-bond donors (Lipinski definition) is 0. The van der Waals surface area contributed by atoms with Crippen molar-refractivity contribution in [1.29, 1.82) is 0 Å². The van der Waals surface area contributed by atoms with Gasteiger partial charge in [0.25, 0.3) is 0 Å². The maximum absolute atomic E-state index is 12.3. The molecule has 0 spiro atoms. The highest BCUT2D eigenvalue weighted by atomic mass is 32.2. The molecule has 1 aliphatic heterocycles. The first-order valence-electron chi connectivity index (χ1n) is 6.80. The first-order valence-corrected chi connectivity index (χ1v) is 8.51. The Hall–Kier alpha value is -1.20. The Morgan fingerprint density at radius 2 is 1.90 bits per heavy atom. The summed E-state index contributed by atoms with van der Waals surface area (Å²) in [5.74, 6) is -0.712. The molecule has 20 heavy (non-hydrogen) atoms. The van der Waals surface area contributed by atoms with E-state index in [1.54, 1.807) is 6.07 Å². The van der Waals surface area contributed by atoms with Crippen molar-refractivity contribution in [1.82, 2.24) is 0 Å². The minimum Gasteiger partial charge on any atom is -0.381 e. The Kier molecular flexibility index (Phi) is 4.60. The van der Waals surface area contributed by atoms with Gasteiger partial charge in [0.05, 0.1) is 5.25 Å². The molecule has 0 amide bonds. The molecule has 0 unspecified atom stereocenters. The Labute approximate surface area is 120 Å². The van der Waals surface area contributed by atoms with E-state index in [0.717, 1.165) is 11.1 Å². The average Bonchev–Trinajstić information content (AvgIpc) is 2.39. The summed E-state index contributed by atoms with van der Waals surface area (Å²) < 4.78 is 29.7. The third-order valence-electron chi connectivity index (χ3n) is 3.69. The lowest BCUT2D eigenvalue weighted by Gasteiger charge is -2.21. The molecule has 5 heteroatoms. The zero-order valence-corrected chi connectivity index (χ0v) is 12.7. The Bertz CT molecular complexity index is 598. The van der Waals surface area contributed by atoms with Crippen molar-refractivity contribution in [3.8, 4) is 0 Å². The van der Waals surface area contributed by atoms with Crippen molar-refractivity contribution in [3.63, 3.8) is 0 Å². The maximum atomic E-state index is 12.3. The van der Waals surface area contributed by atoms with E-state index in [1.165, 1.54) is 0 Å². The number of carbonyl (C=O) groups excluding carboxylic acids is 1. The van der Waals surface area contributed by atoms with Gasteiger partial charge in [-0.15, -0.1) is 0 Å². The predicted octanol–water partition coefficient (Wildman–Crippen LogP) is 2.08. The van der Waals surface area contributed by atoms with E-state index in [1.807, 2.05) is 26.0 Å². The fourth-order valence-corrected chi connectivity index (χ4v) is 4.21. The first kappa shape index (κ1) is 15.2. The minimum absolute atomic E-state index is 0.311. The highest BCUT2D eigenvalue weighted by molar-refractivity contribution is 7.92. The van der Waals surface area contributed by atoms with Crippen LogP contribution in [0.2, 0.25) is 0 Å². The van der Waals surface area contributed by atoms with E-state index in [2.05, 4.69) is 0 Å². The molecule has 1 aromatic carbocycles. The van der Waals surface area contributed by atoms with Crippen LogP contribution < -0.4 is 0 Å². The maximum Gasteiger partial charge on any atom is 0.178 e. The molecule has 1 saturated heterocycles. The number of carbonyl (C=O) groups is 1. The Morgan fingerprint density at radius 3 is 2.50 bits per heavy atom. The van der Waals surface area contributed by atoms with E-state index < -0.39 is 20.8 Å². The number of benzene rings is 1. The molecule has 0 atom stereocenters. The van der Waals surface area contributed by atoms with Crippen molar-refractivity contribution in [3.05, 3.63) is 34.9 Å². The predicted molar refractivity (Wildman–Crippen MR) is 77.9 cm³/mol. The van der Waals surface area contributed by atoms with E-state index >= 15 is 0 Å². The summed E-state index contributed by atoms with van der Waals surface area (Å²) in [5.41, 5.74) is 2.40. The summed E-state index contributed by atoms with van der Waals surface area (Å²) in [4.78, 5) is 12.2. The van der Waals surface area contributed by atoms with E-state index in [9.17, 15) is 13.2 Å². The number of ether oxygens (including phenoxy) is 1. The van der Waals surface area contributed by atoms with Crippen LogP contribution in [0, 0.1) is 13.8 Å². The molecule has 2 rings (SSSR count). The summed E-state index contributed by atoms with van der Waals surface area (Å²) >= 11 is 0. The summed E-state index contributed by atoms with van der Waals surface area (Å²) in [7, 11) is -3.39. The Balaban J connectivity index is 2.14. The molecule has 0 aliphatic carbocycles. The van der Waals surface area contributed by atoms with Gasteiger partial charge >= 0.3 is 0 Å². The third kappa shape index (κ3) is 3.46. The smallest absolute Gasteiger partial charge is 0.178 e. The summed E-state index contributed by atoms with van der Waals surface area (Å²) in [6.07, 6.45) is 0.977. The van der Waals surface area contributed by atoms with Gasteiger partial charge in [0, 0.05) is 18.8 Å². The number of sulfone groups is 1. The summed E-state index contributed by atoms with van der Waals surface area (Å²) in [6, 6.07) is 5.45. The topological polar surface area (TPSA) is 60.4 Å². The van der Waals surface area contributed by atoms with E-state index in [0.29, 0.717) is 31.6 Å². The summed E-state index contributed by atoms with van der Waals surface area (Å²) in [6.45, 7) is 4.70. The van der Waals surface area contributed by atoms with Gasteiger partial charge in [0.1, 0.15) is 5.75 Å². The van der Waals surface area contributed by atoms with Crippen LogP contribution in [0.1, 0.15) is 34.3 Å². The van der Waals surface area contributed by atoms with Crippen molar-refractivity contribution < 1.29 is 17.9 Å². The molecule has 1 aliphatic rings. The molecular formula is C15H20O4S. The Morgan fingerprint density at radius 1 is 1.25 bits per heavy atom. The molecule has 0 saturated carbocycles. The van der Waals surface area contributed by atoms with Crippen LogP contribution in [-0.2, 0) is 14.6 Å². The van der Waals surface area contributed by atoms with Crippen LogP contribution in [0.5, 0.6) is 0 Å². The van der Waals surface area contributed by atoms with Crippen LogP contribution in [0.25, 0.3) is 0 Å². The number of rotatable bonds is 4. The molecular weight excluding hydrogens is 276 g/mol. The number of aryl methyl sites for hydroxylation is 2. The van der Waals surface area contributed by atoms with Crippen molar-refractivity contribution in [2.24, 2.45) is 0 Å². The minimum atomic E-state index is -3.39. The second-order valence-electron chi connectivity index (χ2n) is 5.36. The lowest BCUT2D eigenvalue weighted by molar-refractivity contribution is 0.0971. The molecule has 0 aromatic heterocycles. The lowest BCUT2D eigenvalue weighted by atomic mass is 10.0. The zero-order chi connectivity index (χ0) is 14.8. The lowest BCUT2D eigenvalue weighted by Crippen LogP contribution is -2.33. The van der Waals surface area contributed by atoms with Gasteiger partial charge in [0.2, 0.25) is 0 Å². The highest BCUT2D eigenvalue weighted by Crippen LogP contribution is 2.19. The van der Waals surface area contributed by atoms with Crippen molar-refractivity contribution in [2.45, 2.75) is 31.9 Å². The molecule has 0 N–H and O–H groups in total.